The maximum Gasteiger partial charge on any atom is 0.256 e. The second-order valence-corrected chi connectivity index (χ2v) is 10.0. The number of nitrogens with one attached hydrogen (secondary N) is 1. The van der Waals surface area contributed by atoms with Gasteiger partial charge in [0.1, 0.15) is 21.5 Å². The number of carbonyl (C=O) groups is 2. The maximum atomic E-state index is 14.2. The van der Waals surface area contributed by atoms with Gasteiger partial charge in [-0.15, -0.1) is 0 Å². The predicted octanol–water partition coefficient (Wildman–Crippen LogP) is 2.21. The molecule has 0 spiro atoms. The van der Waals surface area contributed by atoms with Crippen LogP contribution in [0.1, 0.15) is 36.5 Å². The van der Waals surface area contributed by atoms with E-state index in [2.05, 4.69) is 5.32 Å². The van der Waals surface area contributed by atoms with E-state index in [1.165, 1.54) is 4.90 Å². The lowest BCUT2D eigenvalue weighted by atomic mass is 10.1. The summed E-state index contributed by atoms with van der Waals surface area (Å²) >= 11 is 0. The fourth-order valence-electron chi connectivity index (χ4n) is 3.25. The van der Waals surface area contributed by atoms with E-state index in [-0.39, 0.29) is 35.4 Å². The van der Waals surface area contributed by atoms with Gasteiger partial charge < -0.3 is 10.2 Å². The number of likely N-dealkylation sites (tertiary alicyclic amines) is 1. The SMILES string of the molecule is CC1(C(=O)Nc2cc(C(=O)N3CCC(CS(C)(=O)=O)C3)c(F)cc2F)CC1. The van der Waals surface area contributed by atoms with Gasteiger partial charge in [-0.25, -0.2) is 17.2 Å². The van der Waals surface area contributed by atoms with E-state index < -0.39 is 32.8 Å². The van der Waals surface area contributed by atoms with E-state index in [0.29, 0.717) is 31.9 Å². The summed E-state index contributed by atoms with van der Waals surface area (Å²) in [5.74, 6) is -3.21. The van der Waals surface area contributed by atoms with Crippen LogP contribution in [0.3, 0.4) is 0 Å². The Hall–Kier alpha value is -2.03. The summed E-state index contributed by atoms with van der Waals surface area (Å²) in [6, 6.07) is 1.60. The van der Waals surface area contributed by atoms with E-state index in [9.17, 15) is 26.8 Å². The van der Waals surface area contributed by atoms with Crippen molar-refractivity contribution in [3.63, 3.8) is 0 Å². The van der Waals surface area contributed by atoms with Crippen LogP contribution < -0.4 is 5.32 Å². The molecule has 1 saturated carbocycles. The molecule has 2 aliphatic rings. The average molecular weight is 400 g/mol. The highest BCUT2D eigenvalue weighted by Crippen LogP contribution is 2.45. The molecule has 3 rings (SSSR count). The molecule has 6 nitrogen and oxygen atoms in total. The van der Waals surface area contributed by atoms with Gasteiger partial charge in [-0.2, -0.15) is 0 Å². The van der Waals surface area contributed by atoms with E-state index in [1.54, 1.807) is 6.92 Å². The van der Waals surface area contributed by atoms with Crippen molar-refractivity contribution in [1.29, 1.82) is 0 Å². The van der Waals surface area contributed by atoms with E-state index in [1.807, 2.05) is 0 Å². The van der Waals surface area contributed by atoms with Gasteiger partial charge in [0.2, 0.25) is 5.91 Å². The van der Waals surface area contributed by atoms with E-state index in [4.69, 9.17) is 0 Å². The lowest BCUT2D eigenvalue weighted by molar-refractivity contribution is -0.120. The Labute approximate surface area is 156 Å². The number of halogens is 2. The van der Waals surface area contributed by atoms with Crippen LogP contribution in [-0.4, -0.2) is 50.2 Å². The largest absolute Gasteiger partial charge is 0.338 e. The van der Waals surface area contributed by atoms with Crippen molar-refractivity contribution in [2.75, 3.05) is 30.4 Å². The monoisotopic (exact) mass is 400 g/mol. The highest BCUT2D eigenvalue weighted by molar-refractivity contribution is 7.90. The van der Waals surface area contributed by atoms with Crippen molar-refractivity contribution < 1.29 is 26.8 Å². The quantitative estimate of drug-likeness (QED) is 0.821. The highest BCUT2D eigenvalue weighted by Gasteiger charge is 2.45. The third kappa shape index (κ3) is 4.45. The standard InChI is InChI=1S/C18H22F2N2O4S/c1-18(4-5-18)17(24)21-15-7-12(13(19)8-14(15)20)16(23)22-6-3-11(9-22)10-27(2,25)26/h7-8,11H,3-6,9-10H2,1-2H3,(H,21,24). The number of amides is 2. The first-order chi connectivity index (χ1) is 12.5. The molecule has 1 aromatic rings. The van der Waals surface area contributed by atoms with Gasteiger partial charge in [0.25, 0.3) is 5.91 Å². The zero-order chi connectivity index (χ0) is 20.0. The Morgan fingerprint density at radius 1 is 1.26 bits per heavy atom. The number of sulfone groups is 1. The van der Waals surface area contributed by atoms with Gasteiger partial charge in [-0.3, -0.25) is 9.59 Å². The Morgan fingerprint density at radius 3 is 2.52 bits per heavy atom. The molecule has 1 saturated heterocycles. The molecule has 0 radical (unpaired) electrons. The zero-order valence-electron chi connectivity index (χ0n) is 15.2. The second-order valence-electron chi connectivity index (χ2n) is 7.82. The molecule has 27 heavy (non-hydrogen) atoms. The van der Waals surface area contributed by atoms with Gasteiger partial charge >= 0.3 is 0 Å². The predicted molar refractivity (Wildman–Crippen MR) is 96.1 cm³/mol. The van der Waals surface area contributed by atoms with Crippen LogP contribution in [0.4, 0.5) is 14.5 Å². The molecular weight excluding hydrogens is 378 g/mol. The van der Waals surface area contributed by atoms with E-state index in [0.717, 1.165) is 12.3 Å². The van der Waals surface area contributed by atoms with Gasteiger partial charge in [-0.05, 0) is 31.2 Å². The molecular formula is C18H22F2N2O4S. The molecule has 2 fully saturated rings. The Kier molecular flexibility index (Phi) is 5.00. The maximum absolute atomic E-state index is 14.2. The molecule has 1 unspecified atom stereocenters. The van der Waals surface area contributed by atoms with Crippen molar-refractivity contribution in [3.05, 3.63) is 29.3 Å². The summed E-state index contributed by atoms with van der Waals surface area (Å²) in [5.41, 5.74) is -1.11. The number of nitrogens with zero attached hydrogens (tertiary/aromatic N) is 1. The first-order valence-corrected chi connectivity index (χ1v) is 10.8. The minimum Gasteiger partial charge on any atom is -0.338 e. The van der Waals surface area contributed by atoms with Crippen molar-refractivity contribution in [2.24, 2.45) is 11.3 Å². The lowest BCUT2D eigenvalue weighted by Gasteiger charge is -2.18. The van der Waals surface area contributed by atoms with Crippen LogP contribution in [0.2, 0.25) is 0 Å². The molecule has 1 atom stereocenters. The minimum absolute atomic E-state index is 0.0391. The molecule has 9 heteroatoms. The molecule has 0 bridgehead atoms. The molecule has 1 aliphatic carbocycles. The summed E-state index contributed by atoms with van der Waals surface area (Å²) in [4.78, 5) is 26.1. The number of carbonyl (C=O) groups excluding carboxylic acids is 2. The number of anilines is 1. The van der Waals surface area contributed by atoms with Gasteiger partial charge in [0.05, 0.1) is 17.0 Å². The van der Waals surface area contributed by atoms with Crippen LogP contribution >= 0.6 is 0 Å². The van der Waals surface area contributed by atoms with Crippen LogP contribution in [0.5, 0.6) is 0 Å². The Morgan fingerprint density at radius 2 is 1.93 bits per heavy atom. The Balaban J connectivity index is 1.76. The van der Waals surface area contributed by atoms with Crippen LogP contribution in [0.25, 0.3) is 0 Å². The van der Waals surface area contributed by atoms with Crippen molar-refractivity contribution >= 4 is 27.3 Å². The minimum atomic E-state index is -3.17. The molecule has 2 amide bonds. The van der Waals surface area contributed by atoms with Crippen LogP contribution in [0.15, 0.2) is 12.1 Å². The molecule has 148 valence electrons. The molecule has 0 aromatic heterocycles. The summed E-state index contributed by atoms with van der Waals surface area (Å²) in [6.07, 6.45) is 3.03. The number of rotatable bonds is 5. The van der Waals surface area contributed by atoms with Crippen molar-refractivity contribution in [3.8, 4) is 0 Å². The Bertz CT molecular complexity index is 897. The topological polar surface area (TPSA) is 83.6 Å². The molecule has 1 heterocycles. The second kappa shape index (κ2) is 6.85. The van der Waals surface area contributed by atoms with E-state index >= 15 is 0 Å². The lowest BCUT2D eigenvalue weighted by Crippen LogP contribution is -2.31. The molecule has 1 N–H and O–H groups in total. The first-order valence-electron chi connectivity index (χ1n) is 8.76. The summed E-state index contributed by atoms with van der Waals surface area (Å²) in [6.45, 7) is 2.25. The summed E-state index contributed by atoms with van der Waals surface area (Å²) in [7, 11) is -3.17. The highest BCUT2D eigenvalue weighted by atomic mass is 32.2. The number of hydrogen-bond acceptors (Lipinski definition) is 4. The average Bonchev–Trinajstić information content (AvgIpc) is 3.14. The zero-order valence-corrected chi connectivity index (χ0v) is 16.0. The van der Waals surface area contributed by atoms with Crippen molar-refractivity contribution in [1.82, 2.24) is 4.90 Å². The first kappa shape index (κ1) is 19.7. The van der Waals surface area contributed by atoms with Crippen LogP contribution in [0, 0.1) is 23.0 Å². The number of benzene rings is 1. The van der Waals surface area contributed by atoms with Crippen molar-refractivity contribution in [2.45, 2.75) is 26.2 Å². The third-order valence-electron chi connectivity index (χ3n) is 5.20. The van der Waals surface area contributed by atoms with Gasteiger partial charge in [0.15, 0.2) is 0 Å². The summed E-state index contributed by atoms with van der Waals surface area (Å²) in [5, 5.41) is 2.43. The van der Waals surface area contributed by atoms with Gasteiger partial charge in [0, 0.05) is 30.8 Å². The van der Waals surface area contributed by atoms with Gasteiger partial charge in [-0.1, -0.05) is 6.92 Å². The van der Waals surface area contributed by atoms with Crippen LogP contribution in [-0.2, 0) is 14.6 Å². The smallest absolute Gasteiger partial charge is 0.256 e. The normalized spacial score (nSPS) is 21.2. The molecule has 1 aromatic carbocycles. The fraction of sp³-hybridized carbons (Fsp3) is 0.556. The number of hydrogen-bond donors (Lipinski definition) is 1. The molecule has 1 aliphatic heterocycles. The third-order valence-corrected chi connectivity index (χ3v) is 6.27. The summed E-state index contributed by atoms with van der Waals surface area (Å²) < 4.78 is 51.1. The fourth-order valence-corrected chi connectivity index (χ4v) is 4.38.